The summed E-state index contributed by atoms with van der Waals surface area (Å²) in [6.45, 7) is 5.44. The lowest BCUT2D eigenvalue weighted by Crippen LogP contribution is -2.36. The summed E-state index contributed by atoms with van der Waals surface area (Å²) in [5.74, 6) is -0.578. The lowest BCUT2D eigenvalue weighted by atomic mass is 10.1. The smallest absolute Gasteiger partial charge is 0.325 e. The Morgan fingerprint density at radius 2 is 2.12 bits per heavy atom. The number of carbonyl (C=O) groups is 3. The third-order valence-corrected chi connectivity index (χ3v) is 5.08. The van der Waals surface area contributed by atoms with Crippen molar-refractivity contribution < 1.29 is 14.4 Å². The zero-order valence-electron chi connectivity index (χ0n) is 14.4. The van der Waals surface area contributed by atoms with E-state index in [-0.39, 0.29) is 18.2 Å². The second-order valence-electron chi connectivity index (χ2n) is 6.07. The van der Waals surface area contributed by atoms with E-state index in [2.05, 4.69) is 10.3 Å². The molecule has 0 saturated carbocycles. The fraction of sp³-hybridized carbons (Fsp3) is 0.412. The molecular formula is C17H20N4O3S. The maximum absolute atomic E-state index is 12.7. The molecule has 1 saturated heterocycles. The molecule has 2 aromatic heterocycles. The molecule has 25 heavy (non-hydrogen) atoms. The molecule has 1 N–H and O–H groups in total. The summed E-state index contributed by atoms with van der Waals surface area (Å²) < 4.78 is 1.91. The quantitative estimate of drug-likeness (QED) is 0.633. The fourth-order valence-electron chi connectivity index (χ4n) is 3.11. The van der Waals surface area contributed by atoms with Gasteiger partial charge in [-0.25, -0.2) is 9.78 Å². The Morgan fingerprint density at radius 1 is 1.36 bits per heavy atom. The van der Waals surface area contributed by atoms with Crippen LogP contribution in [0.2, 0.25) is 0 Å². The number of hydrogen-bond acceptors (Lipinski definition) is 5. The van der Waals surface area contributed by atoms with Crippen LogP contribution in [0.15, 0.2) is 17.6 Å². The molecule has 7 nitrogen and oxygen atoms in total. The second-order valence-corrected chi connectivity index (χ2v) is 6.95. The number of thiazole rings is 1. The SMILES string of the molecule is CCCC1NC(=O)N(CC(=O)c2cc(C)n(-c3nccs3)c2C)C1=O. The molecular weight excluding hydrogens is 340 g/mol. The van der Waals surface area contributed by atoms with Gasteiger partial charge in [0.1, 0.15) is 6.04 Å². The van der Waals surface area contributed by atoms with Crippen molar-refractivity contribution in [2.45, 2.75) is 39.7 Å². The number of amides is 3. The number of urea groups is 1. The number of ketones is 1. The van der Waals surface area contributed by atoms with Gasteiger partial charge < -0.3 is 5.32 Å². The van der Waals surface area contributed by atoms with Crippen LogP contribution in [-0.2, 0) is 4.79 Å². The van der Waals surface area contributed by atoms with Crippen molar-refractivity contribution in [1.82, 2.24) is 19.8 Å². The van der Waals surface area contributed by atoms with Crippen molar-refractivity contribution in [2.24, 2.45) is 0 Å². The molecule has 8 heteroatoms. The van der Waals surface area contributed by atoms with Crippen LogP contribution >= 0.6 is 11.3 Å². The number of imide groups is 1. The first-order valence-corrected chi connectivity index (χ1v) is 9.05. The van der Waals surface area contributed by atoms with E-state index in [9.17, 15) is 14.4 Å². The van der Waals surface area contributed by atoms with Crippen molar-refractivity contribution in [1.29, 1.82) is 0 Å². The van der Waals surface area contributed by atoms with Crippen LogP contribution in [-0.4, -0.2) is 44.8 Å². The van der Waals surface area contributed by atoms with Crippen LogP contribution in [0.25, 0.3) is 5.13 Å². The van der Waals surface area contributed by atoms with Gasteiger partial charge >= 0.3 is 6.03 Å². The minimum absolute atomic E-state index is 0.243. The Bertz CT molecular complexity index is 825. The van der Waals surface area contributed by atoms with Gasteiger partial charge in [0, 0.05) is 28.5 Å². The number of aromatic nitrogens is 2. The third-order valence-electron chi connectivity index (χ3n) is 4.33. The molecule has 1 aliphatic heterocycles. The molecule has 0 aliphatic carbocycles. The predicted octanol–water partition coefficient (Wildman–Crippen LogP) is 2.45. The highest BCUT2D eigenvalue weighted by atomic mass is 32.1. The fourth-order valence-corrected chi connectivity index (χ4v) is 3.86. The first kappa shape index (κ1) is 17.3. The largest absolute Gasteiger partial charge is 0.326 e. The van der Waals surface area contributed by atoms with Gasteiger partial charge in [-0.2, -0.15) is 0 Å². The molecule has 0 radical (unpaired) electrons. The van der Waals surface area contributed by atoms with Gasteiger partial charge in [-0.05, 0) is 26.3 Å². The molecule has 1 aliphatic rings. The molecule has 0 aromatic carbocycles. The molecule has 1 unspecified atom stereocenters. The van der Waals surface area contributed by atoms with Gasteiger partial charge in [0.2, 0.25) is 0 Å². The van der Waals surface area contributed by atoms with E-state index in [0.717, 1.165) is 27.8 Å². The lowest BCUT2D eigenvalue weighted by Gasteiger charge is -2.12. The maximum atomic E-state index is 12.7. The summed E-state index contributed by atoms with van der Waals surface area (Å²) in [5.41, 5.74) is 2.15. The summed E-state index contributed by atoms with van der Waals surface area (Å²) in [6, 6.07) is 0.764. The summed E-state index contributed by atoms with van der Waals surface area (Å²) in [5, 5.41) is 5.29. The zero-order valence-corrected chi connectivity index (χ0v) is 15.2. The van der Waals surface area contributed by atoms with Crippen molar-refractivity contribution in [3.05, 3.63) is 34.6 Å². The number of nitrogens with one attached hydrogen (secondary N) is 1. The van der Waals surface area contributed by atoms with E-state index in [1.54, 1.807) is 12.3 Å². The molecule has 3 heterocycles. The van der Waals surface area contributed by atoms with Gasteiger partial charge in [-0.1, -0.05) is 13.3 Å². The lowest BCUT2D eigenvalue weighted by molar-refractivity contribution is -0.127. The number of aryl methyl sites for hydroxylation is 1. The zero-order chi connectivity index (χ0) is 18.1. The Morgan fingerprint density at radius 3 is 2.76 bits per heavy atom. The van der Waals surface area contributed by atoms with Gasteiger partial charge in [0.15, 0.2) is 10.9 Å². The van der Waals surface area contributed by atoms with Crippen LogP contribution in [0.3, 0.4) is 0 Å². The normalized spacial score (nSPS) is 17.2. The first-order valence-electron chi connectivity index (χ1n) is 8.18. The second kappa shape index (κ2) is 6.79. The number of carbonyl (C=O) groups excluding carboxylic acids is 3. The van der Waals surface area contributed by atoms with Crippen LogP contribution in [0.1, 0.15) is 41.5 Å². The number of hydrogen-bond donors (Lipinski definition) is 1. The van der Waals surface area contributed by atoms with E-state index in [1.165, 1.54) is 11.3 Å². The van der Waals surface area contributed by atoms with E-state index >= 15 is 0 Å². The average molecular weight is 360 g/mol. The molecule has 132 valence electrons. The first-order chi connectivity index (χ1) is 11.9. The molecule has 3 amide bonds. The van der Waals surface area contributed by atoms with Crippen molar-refractivity contribution >= 4 is 29.1 Å². The van der Waals surface area contributed by atoms with E-state index in [0.29, 0.717) is 12.0 Å². The highest BCUT2D eigenvalue weighted by Gasteiger charge is 2.38. The molecule has 1 fully saturated rings. The van der Waals surface area contributed by atoms with Gasteiger partial charge in [0.05, 0.1) is 6.54 Å². The predicted molar refractivity (Wildman–Crippen MR) is 94.2 cm³/mol. The number of nitrogens with zero attached hydrogens (tertiary/aromatic N) is 3. The Kier molecular flexibility index (Phi) is 4.71. The molecule has 0 bridgehead atoms. The van der Waals surface area contributed by atoms with Crippen molar-refractivity contribution in [3.63, 3.8) is 0 Å². The van der Waals surface area contributed by atoms with E-state index in [4.69, 9.17) is 0 Å². The summed E-state index contributed by atoms with van der Waals surface area (Å²) in [6.07, 6.45) is 3.07. The van der Waals surface area contributed by atoms with E-state index < -0.39 is 12.1 Å². The minimum atomic E-state index is -0.520. The van der Waals surface area contributed by atoms with Crippen molar-refractivity contribution in [2.75, 3.05) is 6.54 Å². The number of rotatable bonds is 6. The van der Waals surface area contributed by atoms with E-state index in [1.807, 2.05) is 30.7 Å². The molecule has 2 aromatic rings. The van der Waals surface area contributed by atoms with Gasteiger partial charge in [-0.3, -0.25) is 19.1 Å². The van der Waals surface area contributed by atoms with Crippen LogP contribution in [0.4, 0.5) is 4.79 Å². The minimum Gasteiger partial charge on any atom is -0.326 e. The molecule has 1 atom stereocenters. The number of Topliss-reactive ketones (excluding diaryl/α,β-unsaturated/α-hetero) is 1. The Labute approximate surface area is 149 Å². The van der Waals surface area contributed by atoms with Crippen molar-refractivity contribution in [3.8, 4) is 5.13 Å². The van der Waals surface area contributed by atoms with Crippen LogP contribution in [0, 0.1) is 13.8 Å². The maximum Gasteiger partial charge on any atom is 0.325 e. The average Bonchev–Trinajstić information content (AvgIpc) is 3.24. The summed E-state index contributed by atoms with van der Waals surface area (Å²) in [4.78, 5) is 42.3. The highest BCUT2D eigenvalue weighted by Crippen LogP contribution is 2.23. The highest BCUT2D eigenvalue weighted by molar-refractivity contribution is 7.12. The van der Waals surface area contributed by atoms with Crippen LogP contribution in [0.5, 0.6) is 0 Å². The Hall–Kier alpha value is -2.48. The third kappa shape index (κ3) is 3.09. The molecule has 3 rings (SSSR count). The Balaban J connectivity index is 1.82. The van der Waals surface area contributed by atoms with Crippen LogP contribution < -0.4 is 5.32 Å². The van der Waals surface area contributed by atoms with Gasteiger partial charge in [0.25, 0.3) is 5.91 Å². The summed E-state index contributed by atoms with van der Waals surface area (Å²) >= 11 is 1.48. The molecule has 0 spiro atoms. The standard InChI is InChI=1S/C17H20N4O3S/c1-4-5-13-15(23)20(16(24)19-13)9-14(22)12-8-10(2)21(11(12)3)17-18-6-7-25-17/h6-8,13H,4-5,9H2,1-3H3,(H,19,24). The van der Waals surface area contributed by atoms with Gasteiger partial charge in [-0.15, -0.1) is 11.3 Å². The summed E-state index contributed by atoms with van der Waals surface area (Å²) in [7, 11) is 0. The topological polar surface area (TPSA) is 84.3 Å². The monoisotopic (exact) mass is 360 g/mol.